The van der Waals surface area contributed by atoms with E-state index < -0.39 is 29.4 Å². The van der Waals surface area contributed by atoms with Crippen molar-refractivity contribution in [3.8, 4) is 0 Å². The van der Waals surface area contributed by atoms with Crippen LogP contribution in [0.5, 0.6) is 0 Å². The number of furan rings is 1. The minimum absolute atomic E-state index is 0.286. The summed E-state index contributed by atoms with van der Waals surface area (Å²) in [6.45, 7) is 0.286. The first-order valence-corrected chi connectivity index (χ1v) is 10.0. The summed E-state index contributed by atoms with van der Waals surface area (Å²) in [4.78, 5) is 47.7. The standard InChI is InChI=1S/C24H19N3O4/c28-22(16-5-3-10-25-13-16)20-21(19-8-4-12-31-19)27(24(30)23(20)29)11-9-15-14-26-18-7-2-1-6-17(15)18/h1-8,10,12-14,20-21,26H,9,11H2. The molecule has 1 aliphatic heterocycles. The molecule has 1 aliphatic rings. The molecule has 1 N–H and O–H groups in total. The number of carbonyl (C=O) groups is 3. The molecule has 4 aromatic rings. The number of benzene rings is 1. The second-order valence-corrected chi connectivity index (χ2v) is 7.52. The number of ketones is 2. The molecule has 2 atom stereocenters. The lowest BCUT2D eigenvalue weighted by Gasteiger charge is -2.25. The summed E-state index contributed by atoms with van der Waals surface area (Å²) in [6, 6.07) is 13.7. The fourth-order valence-corrected chi connectivity index (χ4v) is 4.27. The van der Waals surface area contributed by atoms with E-state index in [2.05, 4.69) is 9.97 Å². The zero-order chi connectivity index (χ0) is 21.4. The summed E-state index contributed by atoms with van der Waals surface area (Å²) in [7, 11) is 0. The average molecular weight is 413 g/mol. The zero-order valence-corrected chi connectivity index (χ0v) is 16.5. The molecule has 0 radical (unpaired) electrons. The van der Waals surface area contributed by atoms with Crippen molar-refractivity contribution < 1.29 is 18.8 Å². The van der Waals surface area contributed by atoms with E-state index in [1.807, 2.05) is 30.5 Å². The second-order valence-electron chi connectivity index (χ2n) is 7.52. The number of rotatable bonds is 6. The van der Waals surface area contributed by atoms with Crippen LogP contribution in [0.15, 0.2) is 77.8 Å². The van der Waals surface area contributed by atoms with Gasteiger partial charge in [0.1, 0.15) is 17.7 Å². The molecule has 0 spiro atoms. The highest BCUT2D eigenvalue weighted by atomic mass is 16.3. The van der Waals surface area contributed by atoms with E-state index in [9.17, 15) is 14.4 Å². The number of pyridine rings is 1. The number of Topliss-reactive ketones (excluding diaryl/α,β-unsaturated/α-hetero) is 2. The Kier molecular flexibility index (Phi) is 4.71. The number of hydrogen-bond acceptors (Lipinski definition) is 5. The topological polar surface area (TPSA) is 96.3 Å². The summed E-state index contributed by atoms with van der Waals surface area (Å²) < 4.78 is 5.55. The van der Waals surface area contributed by atoms with Crippen LogP contribution in [0.1, 0.15) is 27.7 Å². The molecule has 1 amide bonds. The number of aromatic amines is 1. The lowest BCUT2D eigenvalue weighted by atomic mass is 9.89. The van der Waals surface area contributed by atoms with Crippen LogP contribution in [-0.2, 0) is 16.0 Å². The van der Waals surface area contributed by atoms with Crippen LogP contribution in [0.4, 0.5) is 0 Å². The van der Waals surface area contributed by atoms with E-state index in [1.54, 1.807) is 30.5 Å². The fourth-order valence-electron chi connectivity index (χ4n) is 4.27. The molecule has 1 aromatic carbocycles. The third-order valence-electron chi connectivity index (χ3n) is 5.77. The van der Waals surface area contributed by atoms with Crippen LogP contribution in [0.3, 0.4) is 0 Å². The minimum Gasteiger partial charge on any atom is -0.467 e. The number of likely N-dealkylation sites (tertiary alicyclic amines) is 1. The summed E-state index contributed by atoms with van der Waals surface area (Å²) in [5.41, 5.74) is 2.34. The number of hydrogen-bond donors (Lipinski definition) is 1. The van der Waals surface area contributed by atoms with Gasteiger partial charge >= 0.3 is 0 Å². The lowest BCUT2D eigenvalue weighted by molar-refractivity contribution is -0.140. The van der Waals surface area contributed by atoms with Crippen LogP contribution < -0.4 is 0 Å². The summed E-state index contributed by atoms with van der Waals surface area (Å²) in [5, 5.41) is 1.07. The van der Waals surface area contributed by atoms with Gasteiger partial charge in [0.2, 0.25) is 5.78 Å². The highest BCUT2D eigenvalue weighted by molar-refractivity contribution is 6.44. The normalized spacial score (nSPS) is 18.8. The van der Waals surface area contributed by atoms with Crippen LogP contribution in [0.2, 0.25) is 0 Å². The van der Waals surface area contributed by atoms with Crippen LogP contribution in [-0.4, -0.2) is 38.9 Å². The number of nitrogens with zero attached hydrogens (tertiary/aromatic N) is 2. The van der Waals surface area contributed by atoms with Gasteiger partial charge in [0.15, 0.2) is 5.78 Å². The highest BCUT2D eigenvalue weighted by Crippen LogP contribution is 2.38. The number of amides is 1. The molecule has 3 aromatic heterocycles. The minimum atomic E-state index is -1.16. The van der Waals surface area contributed by atoms with Crippen LogP contribution in [0.25, 0.3) is 10.9 Å². The first-order valence-electron chi connectivity index (χ1n) is 10.0. The molecule has 154 valence electrons. The Morgan fingerprint density at radius 2 is 1.97 bits per heavy atom. The molecule has 31 heavy (non-hydrogen) atoms. The van der Waals surface area contributed by atoms with Crippen molar-refractivity contribution >= 4 is 28.4 Å². The van der Waals surface area contributed by atoms with Gasteiger partial charge in [-0.25, -0.2) is 0 Å². The third-order valence-corrected chi connectivity index (χ3v) is 5.77. The Labute approximate surface area is 177 Å². The van der Waals surface area contributed by atoms with E-state index in [0.29, 0.717) is 17.7 Å². The molecule has 2 unspecified atom stereocenters. The second kappa shape index (κ2) is 7.68. The zero-order valence-electron chi connectivity index (χ0n) is 16.5. The number of nitrogens with one attached hydrogen (secondary N) is 1. The van der Waals surface area contributed by atoms with E-state index in [4.69, 9.17) is 4.42 Å². The third kappa shape index (κ3) is 3.24. The quantitative estimate of drug-likeness (QED) is 0.297. The highest BCUT2D eigenvalue weighted by Gasteiger charge is 2.52. The molecule has 0 saturated carbocycles. The van der Waals surface area contributed by atoms with Crippen molar-refractivity contribution in [1.29, 1.82) is 0 Å². The molecule has 5 rings (SSSR count). The Morgan fingerprint density at radius 3 is 2.74 bits per heavy atom. The average Bonchev–Trinajstić information content (AvgIpc) is 3.53. The maximum Gasteiger partial charge on any atom is 0.291 e. The van der Waals surface area contributed by atoms with E-state index in [1.165, 1.54) is 17.4 Å². The maximum absolute atomic E-state index is 13.2. The molecule has 1 saturated heterocycles. The van der Waals surface area contributed by atoms with Gasteiger partial charge in [-0.05, 0) is 42.3 Å². The van der Waals surface area contributed by atoms with Gasteiger partial charge < -0.3 is 14.3 Å². The number of H-pyrrole nitrogens is 1. The fraction of sp³-hybridized carbons (Fsp3) is 0.167. The first kappa shape index (κ1) is 19.0. The van der Waals surface area contributed by atoms with Crippen molar-refractivity contribution in [3.05, 3.63) is 90.3 Å². The SMILES string of the molecule is O=C1C(=O)N(CCc2c[nH]c3ccccc23)C(c2ccco2)C1C(=O)c1cccnc1. The first-order chi connectivity index (χ1) is 15.1. The van der Waals surface area contributed by atoms with Gasteiger partial charge in [-0.3, -0.25) is 19.4 Å². The summed E-state index contributed by atoms with van der Waals surface area (Å²) >= 11 is 0. The monoisotopic (exact) mass is 413 g/mol. The van der Waals surface area contributed by atoms with Crippen LogP contribution in [0, 0.1) is 5.92 Å². The smallest absolute Gasteiger partial charge is 0.291 e. The van der Waals surface area contributed by atoms with Crippen molar-refractivity contribution in [2.24, 2.45) is 5.92 Å². The van der Waals surface area contributed by atoms with Gasteiger partial charge in [0.05, 0.1) is 6.26 Å². The molecular weight excluding hydrogens is 394 g/mol. The predicted octanol–water partition coefficient (Wildman–Crippen LogP) is 3.35. The maximum atomic E-state index is 13.2. The molecular formula is C24H19N3O4. The van der Waals surface area contributed by atoms with E-state index >= 15 is 0 Å². The number of fused-ring (bicyclic) bond motifs is 1. The van der Waals surface area contributed by atoms with E-state index in [-0.39, 0.29) is 6.54 Å². The number of para-hydroxylation sites is 1. The predicted molar refractivity (Wildman–Crippen MR) is 112 cm³/mol. The number of aromatic nitrogens is 2. The molecule has 7 heteroatoms. The van der Waals surface area contributed by atoms with Crippen molar-refractivity contribution in [3.63, 3.8) is 0 Å². The largest absolute Gasteiger partial charge is 0.467 e. The van der Waals surface area contributed by atoms with Crippen LogP contribution >= 0.6 is 0 Å². The van der Waals surface area contributed by atoms with Crippen molar-refractivity contribution in [1.82, 2.24) is 14.9 Å². The summed E-state index contributed by atoms with van der Waals surface area (Å²) in [5.74, 6) is -2.55. The molecule has 0 aliphatic carbocycles. The number of carbonyl (C=O) groups excluding carboxylic acids is 3. The van der Waals surface area contributed by atoms with E-state index in [0.717, 1.165) is 16.5 Å². The van der Waals surface area contributed by atoms with Crippen molar-refractivity contribution in [2.75, 3.05) is 6.54 Å². The Morgan fingerprint density at radius 1 is 1.10 bits per heavy atom. The molecule has 4 heterocycles. The Hall–Kier alpha value is -4.00. The van der Waals surface area contributed by atoms with Gasteiger partial charge in [-0.2, -0.15) is 0 Å². The Bertz CT molecular complexity index is 1260. The van der Waals surface area contributed by atoms with Gasteiger partial charge in [-0.15, -0.1) is 0 Å². The molecule has 1 fully saturated rings. The molecule has 0 bridgehead atoms. The molecule has 7 nitrogen and oxygen atoms in total. The van der Waals surface area contributed by atoms with Gasteiger partial charge in [0, 0.05) is 41.6 Å². The van der Waals surface area contributed by atoms with Crippen molar-refractivity contribution in [2.45, 2.75) is 12.5 Å². The van der Waals surface area contributed by atoms with Gasteiger partial charge in [0.25, 0.3) is 5.91 Å². The van der Waals surface area contributed by atoms with Gasteiger partial charge in [-0.1, -0.05) is 18.2 Å². The Balaban J connectivity index is 1.48. The lowest BCUT2D eigenvalue weighted by Crippen LogP contribution is -2.32. The summed E-state index contributed by atoms with van der Waals surface area (Å²) in [6.07, 6.45) is 6.89.